The van der Waals surface area contributed by atoms with Crippen molar-refractivity contribution < 1.29 is 19.0 Å². The fourth-order valence-electron chi connectivity index (χ4n) is 2.42. The molecule has 3 aromatic rings. The largest absolute Gasteiger partial charge is 0.514 e. The number of H-pyrrole nitrogens is 1. The predicted octanol–water partition coefficient (Wildman–Crippen LogP) is 4.20. The van der Waals surface area contributed by atoms with E-state index in [-0.39, 0.29) is 6.61 Å². The summed E-state index contributed by atoms with van der Waals surface area (Å²) in [7, 11) is 1.62. The first-order valence-corrected chi connectivity index (χ1v) is 7.22. The van der Waals surface area contributed by atoms with Crippen molar-refractivity contribution in [1.29, 1.82) is 0 Å². The zero-order valence-electron chi connectivity index (χ0n) is 13.0. The summed E-state index contributed by atoms with van der Waals surface area (Å²) in [6.45, 7) is 2.07. The van der Waals surface area contributed by atoms with Crippen LogP contribution in [0.2, 0.25) is 0 Å². The Balaban J connectivity index is 1.73. The van der Waals surface area contributed by atoms with Crippen LogP contribution in [0, 0.1) is 6.92 Å². The smallest absolute Gasteiger partial charge is 0.497 e. The lowest BCUT2D eigenvalue weighted by molar-refractivity contribution is 0.0930. The molecule has 2 aromatic carbocycles. The zero-order chi connectivity index (χ0) is 16.2. The van der Waals surface area contributed by atoms with E-state index in [4.69, 9.17) is 14.2 Å². The van der Waals surface area contributed by atoms with Crippen LogP contribution in [-0.2, 0) is 11.3 Å². The van der Waals surface area contributed by atoms with Gasteiger partial charge in [0, 0.05) is 22.2 Å². The lowest BCUT2D eigenvalue weighted by atomic mass is 10.1. The highest BCUT2D eigenvalue weighted by molar-refractivity contribution is 5.86. The van der Waals surface area contributed by atoms with Gasteiger partial charge in [-0.1, -0.05) is 18.2 Å². The SMILES string of the molecule is COc1ccc2[nH]c(C)c(COC(=O)Oc3ccccc3)c2c1. The van der Waals surface area contributed by atoms with Crippen molar-refractivity contribution in [1.82, 2.24) is 4.98 Å². The van der Waals surface area contributed by atoms with Crippen LogP contribution in [0.4, 0.5) is 4.79 Å². The molecule has 0 aliphatic heterocycles. The molecule has 23 heavy (non-hydrogen) atoms. The Labute approximate surface area is 133 Å². The molecule has 1 heterocycles. The lowest BCUT2D eigenvalue weighted by Crippen LogP contribution is -2.10. The van der Waals surface area contributed by atoms with Crippen molar-refractivity contribution in [2.24, 2.45) is 0 Å². The van der Waals surface area contributed by atoms with Crippen molar-refractivity contribution in [3.63, 3.8) is 0 Å². The van der Waals surface area contributed by atoms with Crippen LogP contribution in [0.1, 0.15) is 11.3 Å². The maximum Gasteiger partial charge on any atom is 0.514 e. The highest BCUT2D eigenvalue weighted by atomic mass is 16.7. The van der Waals surface area contributed by atoms with Crippen molar-refractivity contribution in [2.45, 2.75) is 13.5 Å². The summed E-state index contributed by atoms with van der Waals surface area (Å²) in [6, 6.07) is 14.6. The van der Waals surface area contributed by atoms with E-state index in [0.717, 1.165) is 27.9 Å². The summed E-state index contributed by atoms with van der Waals surface area (Å²) < 4.78 is 15.6. The molecule has 0 radical (unpaired) electrons. The number of aryl methyl sites for hydroxylation is 1. The second kappa shape index (κ2) is 6.44. The Morgan fingerprint density at radius 1 is 1.09 bits per heavy atom. The second-order valence-corrected chi connectivity index (χ2v) is 5.09. The van der Waals surface area contributed by atoms with Gasteiger partial charge in [0.15, 0.2) is 0 Å². The maximum absolute atomic E-state index is 11.8. The van der Waals surface area contributed by atoms with Crippen molar-refractivity contribution >= 4 is 17.1 Å². The lowest BCUT2D eigenvalue weighted by Gasteiger charge is -2.06. The maximum atomic E-state index is 11.8. The minimum absolute atomic E-state index is 0.130. The molecule has 0 spiro atoms. The number of hydrogen-bond donors (Lipinski definition) is 1. The van der Waals surface area contributed by atoms with Crippen LogP contribution in [0.5, 0.6) is 11.5 Å². The molecule has 1 aromatic heterocycles. The van der Waals surface area contributed by atoms with E-state index in [9.17, 15) is 4.79 Å². The number of carbonyl (C=O) groups excluding carboxylic acids is 1. The monoisotopic (exact) mass is 311 g/mol. The van der Waals surface area contributed by atoms with Crippen LogP contribution in [0.15, 0.2) is 48.5 Å². The van der Waals surface area contributed by atoms with E-state index < -0.39 is 6.16 Å². The van der Waals surface area contributed by atoms with Gasteiger partial charge in [0.05, 0.1) is 7.11 Å². The van der Waals surface area contributed by atoms with Gasteiger partial charge in [0.1, 0.15) is 18.1 Å². The van der Waals surface area contributed by atoms with Crippen LogP contribution < -0.4 is 9.47 Å². The van der Waals surface area contributed by atoms with Gasteiger partial charge in [-0.2, -0.15) is 0 Å². The predicted molar refractivity (Wildman–Crippen MR) is 86.8 cm³/mol. The molecule has 0 aliphatic carbocycles. The first-order valence-electron chi connectivity index (χ1n) is 7.22. The van der Waals surface area contributed by atoms with E-state index in [1.54, 1.807) is 31.4 Å². The van der Waals surface area contributed by atoms with E-state index in [1.165, 1.54) is 0 Å². The summed E-state index contributed by atoms with van der Waals surface area (Å²) in [6.07, 6.45) is -0.729. The second-order valence-electron chi connectivity index (χ2n) is 5.09. The molecule has 0 saturated heterocycles. The van der Waals surface area contributed by atoms with Crippen LogP contribution in [-0.4, -0.2) is 18.2 Å². The molecule has 0 aliphatic rings. The average Bonchev–Trinajstić information content (AvgIpc) is 2.88. The summed E-state index contributed by atoms with van der Waals surface area (Å²) >= 11 is 0. The van der Waals surface area contributed by atoms with Gasteiger partial charge in [-0.05, 0) is 37.3 Å². The van der Waals surface area contributed by atoms with E-state index in [0.29, 0.717) is 5.75 Å². The third-order valence-electron chi connectivity index (χ3n) is 3.61. The van der Waals surface area contributed by atoms with Gasteiger partial charge in [0.25, 0.3) is 0 Å². The van der Waals surface area contributed by atoms with Gasteiger partial charge >= 0.3 is 6.16 Å². The first kappa shape index (κ1) is 15.0. The number of hydrogen-bond acceptors (Lipinski definition) is 4. The molecule has 0 fully saturated rings. The molecule has 5 nitrogen and oxygen atoms in total. The number of ether oxygens (including phenoxy) is 3. The van der Waals surface area contributed by atoms with Crippen LogP contribution >= 0.6 is 0 Å². The standard InChI is InChI=1S/C18H17NO4/c1-12-16(15-10-14(21-2)8-9-17(15)19-12)11-22-18(20)23-13-6-4-3-5-7-13/h3-10,19H,11H2,1-2H3. The topological polar surface area (TPSA) is 60.5 Å². The number of aromatic amines is 1. The van der Waals surface area contributed by atoms with E-state index >= 15 is 0 Å². The van der Waals surface area contributed by atoms with Crippen molar-refractivity contribution in [3.8, 4) is 11.5 Å². The third kappa shape index (κ3) is 3.29. The van der Waals surface area contributed by atoms with Gasteiger partial charge in [-0.25, -0.2) is 4.79 Å². The van der Waals surface area contributed by atoms with Crippen molar-refractivity contribution in [2.75, 3.05) is 7.11 Å². The van der Waals surface area contributed by atoms with E-state index in [1.807, 2.05) is 31.2 Å². The highest BCUT2D eigenvalue weighted by Gasteiger charge is 2.13. The highest BCUT2D eigenvalue weighted by Crippen LogP contribution is 2.27. The number of benzene rings is 2. The molecular formula is C18H17NO4. The zero-order valence-corrected chi connectivity index (χ0v) is 13.0. The average molecular weight is 311 g/mol. The summed E-state index contributed by atoms with van der Waals surface area (Å²) in [5.74, 6) is 1.21. The number of fused-ring (bicyclic) bond motifs is 1. The fraction of sp³-hybridized carbons (Fsp3) is 0.167. The first-order chi connectivity index (χ1) is 11.2. The molecule has 0 saturated carbocycles. The molecular weight excluding hydrogens is 294 g/mol. The van der Waals surface area contributed by atoms with Gasteiger partial charge in [-0.3, -0.25) is 0 Å². The fourth-order valence-corrected chi connectivity index (χ4v) is 2.42. The van der Waals surface area contributed by atoms with Crippen molar-refractivity contribution in [3.05, 3.63) is 59.8 Å². The van der Waals surface area contributed by atoms with Crippen LogP contribution in [0.25, 0.3) is 10.9 Å². The minimum Gasteiger partial charge on any atom is -0.497 e. The molecule has 3 rings (SSSR count). The summed E-state index contributed by atoms with van der Waals surface area (Å²) in [5.41, 5.74) is 2.82. The molecule has 1 N–H and O–H groups in total. The number of rotatable bonds is 4. The number of nitrogens with one attached hydrogen (secondary N) is 1. The third-order valence-corrected chi connectivity index (χ3v) is 3.61. The molecule has 0 unspecified atom stereocenters. The Morgan fingerprint density at radius 3 is 2.61 bits per heavy atom. The molecule has 0 atom stereocenters. The Hall–Kier alpha value is -2.95. The Kier molecular flexibility index (Phi) is 4.19. The summed E-state index contributed by atoms with van der Waals surface area (Å²) in [5, 5.41) is 0.967. The normalized spacial score (nSPS) is 10.5. The molecule has 118 valence electrons. The minimum atomic E-state index is -0.729. The molecule has 0 amide bonds. The van der Waals surface area contributed by atoms with E-state index in [2.05, 4.69) is 4.98 Å². The van der Waals surface area contributed by atoms with Gasteiger partial charge in [-0.15, -0.1) is 0 Å². The summed E-state index contributed by atoms with van der Waals surface area (Å²) in [4.78, 5) is 15.1. The van der Waals surface area contributed by atoms with Crippen LogP contribution in [0.3, 0.4) is 0 Å². The number of methoxy groups -OCH3 is 1. The number of para-hydroxylation sites is 1. The number of aromatic nitrogens is 1. The molecule has 5 heteroatoms. The quantitative estimate of drug-likeness (QED) is 0.579. The van der Waals surface area contributed by atoms with Gasteiger partial charge in [0.2, 0.25) is 0 Å². The number of carbonyl (C=O) groups is 1. The molecule has 0 bridgehead atoms. The Morgan fingerprint density at radius 2 is 1.87 bits per heavy atom. The Bertz CT molecular complexity index is 824. The van der Waals surface area contributed by atoms with Gasteiger partial charge < -0.3 is 19.2 Å².